The lowest BCUT2D eigenvalue weighted by atomic mass is 9.87. The summed E-state index contributed by atoms with van der Waals surface area (Å²) in [5.74, 6) is 0.867. The fourth-order valence-corrected chi connectivity index (χ4v) is 3.09. The summed E-state index contributed by atoms with van der Waals surface area (Å²) >= 11 is 0. The van der Waals surface area contributed by atoms with Crippen LogP contribution in [0.4, 0.5) is 0 Å². The lowest BCUT2D eigenvalue weighted by molar-refractivity contribution is 0.0828. The Bertz CT molecular complexity index is 631. The molecule has 2 aromatic carbocycles. The quantitative estimate of drug-likeness (QED) is 0.919. The van der Waals surface area contributed by atoms with Crippen molar-refractivity contribution in [1.82, 2.24) is 0 Å². The molecule has 0 heterocycles. The first-order chi connectivity index (χ1) is 10.1. The second kappa shape index (κ2) is 5.53. The summed E-state index contributed by atoms with van der Waals surface area (Å²) in [7, 11) is 0. The summed E-state index contributed by atoms with van der Waals surface area (Å²) in [6.45, 7) is 4.89. The zero-order valence-corrected chi connectivity index (χ0v) is 12.7. The molecule has 0 aliphatic heterocycles. The van der Waals surface area contributed by atoms with Crippen molar-refractivity contribution in [3.05, 3.63) is 64.7 Å². The van der Waals surface area contributed by atoms with Gasteiger partial charge in [0.15, 0.2) is 0 Å². The van der Waals surface area contributed by atoms with Gasteiger partial charge in [0.25, 0.3) is 0 Å². The normalized spacial score (nSPS) is 20.3. The van der Waals surface area contributed by atoms with Crippen LogP contribution in [0, 0.1) is 6.92 Å². The Hall–Kier alpha value is -1.80. The molecule has 1 N–H and O–H groups in total. The highest BCUT2D eigenvalue weighted by Crippen LogP contribution is 2.42. The van der Waals surface area contributed by atoms with Crippen LogP contribution in [0.5, 0.6) is 5.75 Å². The van der Waals surface area contributed by atoms with Crippen LogP contribution in [-0.4, -0.2) is 11.7 Å². The first-order valence-corrected chi connectivity index (χ1v) is 7.69. The summed E-state index contributed by atoms with van der Waals surface area (Å²) in [6.07, 6.45) is 2.68. The molecule has 1 unspecified atom stereocenters. The summed E-state index contributed by atoms with van der Waals surface area (Å²) in [6, 6.07) is 14.3. The summed E-state index contributed by atoms with van der Waals surface area (Å²) in [5.41, 5.74) is 3.61. The average Bonchev–Trinajstić information content (AvgIpc) is 2.84. The molecule has 1 aliphatic rings. The number of fused-ring (bicyclic) bond motifs is 1. The number of aliphatic hydroxyl groups is 1. The van der Waals surface area contributed by atoms with Crippen LogP contribution in [0.15, 0.2) is 42.5 Å². The van der Waals surface area contributed by atoms with Crippen LogP contribution in [0.1, 0.15) is 42.0 Å². The zero-order chi connectivity index (χ0) is 14.9. The van der Waals surface area contributed by atoms with E-state index in [4.69, 9.17) is 4.74 Å². The van der Waals surface area contributed by atoms with Gasteiger partial charge in [-0.15, -0.1) is 0 Å². The Morgan fingerprint density at radius 1 is 1.14 bits per heavy atom. The summed E-state index contributed by atoms with van der Waals surface area (Å²) in [4.78, 5) is 0. The predicted molar refractivity (Wildman–Crippen MR) is 84.7 cm³/mol. The van der Waals surface area contributed by atoms with Gasteiger partial charge in [0.1, 0.15) is 11.4 Å². The van der Waals surface area contributed by atoms with Gasteiger partial charge in [0, 0.05) is 0 Å². The Morgan fingerprint density at radius 3 is 2.62 bits per heavy atom. The number of rotatable bonds is 4. The van der Waals surface area contributed by atoms with Gasteiger partial charge in [-0.3, -0.25) is 0 Å². The molecule has 0 spiro atoms. The molecule has 2 heteroatoms. The Balaban J connectivity index is 1.92. The predicted octanol–water partition coefficient (Wildman–Crippen LogP) is 3.97. The molecular formula is C19H22O2. The van der Waals surface area contributed by atoms with E-state index in [1.54, 1.807) is 0 Å². The van der Waals surface area contributed by atoms with Crippen LogP contribution < -0.4 is 4.74 Å². The molecule has 21 heavy (non-hydrogen) atoms. The molecule has 2 nitrogen and oxygen atoms in total. The third-order valence-corrected chi connectivity index (χ3v) is 4.27. The third-order valence-electron chi connectivity index (χ3n) is 4.27. The van der Waals surface area contributed by atoms with E-state index in [2.05, 4.69) is 32.0 Å². The van der Waals surface area contributed by atoms with E-state index >= 15 is 0 Å². The summed E-state index contributed by atoms with van der Waals surface area (Å²) in [5, 5.41) is 11.2. The largest absolute Gasteiger partial charge is 0.494 e. The minimum Gasteiger partial charge on any atom is -0.494 e. The van der Waals surface area contributed by atoms with Gasteiger partial charge in [0.2, 0.25) is 0 Å². The van der Waals surface area contributed by atoms with Crippen LogP contribution in [-0.2, 0) is 12.0 Å². The van der Waals surface area contributed by atoms with Gasteiger partial charge in [-0.05, 0) is 55.0 Å². The monoisotopic (exact) mass is 282 g/mol. The van der Waals surface area contributed by atoms with Crippen molar-refractivity contribution in [2.45, 2.75) is 38.7 Å². The first-order valence-electron chi connectivity index (χ1n) is 7.69. The maximum atomic E-state index is 11.2. The van der Waals surface area contributed by atoms with Crippen molar-refractivity contribution in [3.63, 3.8) is 0 Å². The highest BCUT2D eigenvalue weighted by atomic mass is 16.5. The molecular weight excluding hydrogens is 260 g/mol. The average molecular weight is 282 g/mol. The van der Waals surface area contributed by atoms with Crippen LogP contribution >= 0.6 is 0 Å². The van der Waals surface area contributed by atoms with E-state index in [0.29, 0.717) is 0 Å². The van der Waals surface area contributed by atoms with Crippen molar-refractivity contribution in [1.29, 1.82) is 0 Å². The molecule has 2 aromatic rings. The molecule has 1 aliphatic carbocycles. The smallest absolute Gasteiger partial charge is 0.119 e. The van der Waals surface area contributed by atoms with Gasteiger partial charge in [-0.2, -0.15) is 0 Å². The van der Waals surface area contributed by atoms with E-state index < -0.39 is 5.60 Å². The van der Waals surface area contributed by atoms with Crippen molar-refractivity contribution in [3.8, 4) is 5.75 Å². The minimum absolute atomic E-state index is 0.728. The van der Waals surface area contributed by atoms with Gasteiger partial charge in [-0.1, -0.05) is 42.8 Å². The SMILES string of the molecule is CCCOc1ccc(C2(O)CCc3ccc(C)cc32)cc1. The molecule has 110 valence electrons. The van der Waals surface area contributed by atoms with Crippen LogP contribution in [0.25, 0.3) is 0 Å². The summed E-state index contributed by atoms with van der Waals surface area (Å²) < 4.78 is 5.61. The Kier molecular flexibility index (Phi) is 3.73. The number of hydrogen-bond donors (Lipinski definition) is 1. The molecule has 0 saturated carbocycles. The Labute approximate surface area is 126 Å². The van der Waals surface area contributed by atoms with Crippen molar-refractivity contribution in [2.75, 3.05) is 6.61 Å². The minimum atomic E-state index is -0.857. The maximum absolute atomic E-state index is 11.2. The first kappa shape index (κ1) is 14.2. The lowest BCUT2D eigenvalue weighted by Gasteiger charge is -2.25. The fraction of sp³-hybridized carbons (Fsp3) is 0.368. The standard InChI is InChI=1S/C19H22O2/c1-3-12-21-17-8-6-16(7-9-17)19(20)11-10-15-5-4-14(2)13-18(15)19/h4-9,13,20H,3,10-12H2,1-2H3. The van der Waals surface area contributed by atoms with Crippen LogP contribution in [0.2, 0.25) is 0 Å². The molecule has 0 amide bonds. The lowest BCUT2D eigenvalue weighted by Crippen LogP contribution is -2.23. The molecule has 0 radical (unpaired) electrons. The molecule has 0 aromatic heterocycles. The number of ether oxygens (including phenoxy) is 1. The topological polar surface area (TPSA) is 29.5 Å². The maximum Gasteiger partial charge on any atom is 0.119 e. The van der Waals surface area contributed by atoms with Crippen LogP contribution in [0.3, 0.4) is 0 Å². The van der Waals surface area contributed by atoms with Gasteiger partial charge >= 0.3 is 0 Å². The second-order valence-electron chi connectivity index (χ2n) is 5.89. The van der Waals surface area contributed by atoms with Gasteiger partial charge < -0.3 is 9.84 Å². The van der Waals surface area contributed by atoms with E-state index in [0.717, 1.165) is 42.7 Å². The fourth-order valence-electron chi connectivity index (χ4n) is 3.09. The molecule has 0 bridgehead atoms. The van der Waals surface area contributed by atoms with Crippen molar-refractivity contribution >= 4 is 0 Å². The number of aryl methyl sites for hydroxylation is 2. The number of benzene rings is 2. The second-order valence-corrected chi connectivity index (χ2v) is 5.89. The van der Waals surface area contributed by atoms with Crippen molar-refractivity contribution in [2.24, 2.45) is 0 Å². The highest BCUT2D eigenvalue weighted by molar-refractivity contribution is 5.47. The molecule has 0 fully saturated rings. The van der Waals surface area contributed by atoms with E-state index in [-0.39, 0.29) is 0 Å². The van der Waals surface area contributed by atoms with E-state index in [1.165, 1.54) is 11.1 Å². The third kappa shape index (κ3) is 2.56. The van der Waals surface area contributed by atoms with E-state index in [1.807, 2.05) is 24.3 Å². The highest BCUT2D eigenvalue weighted by Gasteiger charge is 2.38. The Morgan fingerprint density at radius 2 is 1.90 bits per heavy atom. The van der Waals surface area contributed by atoms with Gasteiger partial charge in [0.05, 0.1) is 6.61 Å². The molecule has 0 saturated heterocycles. The molecule has 1 atom stereocenters. The molecule has 3 rings (SSSR count). The van der Waals surface area contributed by atoms with E-state index in [9.17, 15) is 5.11 Å². The van der Waals surface area contributed by atoms with Gasteiger partial charge in [-0.25, -0.2) is 0 Å². The zero-order valence-electron chi connectivity index (χ0n) is 12.7. The number of hydrogen-bond acceptors (Lipinski definition) is 2. The van der Waals surface area contributed by atoms with Crippen molar-refractivity contribution < 1.29 is 9.84 Å².